The zero-order valence-electron chi connectivity index (χ0n) is 13.7. The van der Waals surface area contributed by atoms with Gasteiger partial charge in [0.25, 0.3) is 5.56 Å². The van der Waals surface area contributed by atoms with Crippen LogP contribution in [-0.4, -0.2) is 27.2 Å². The summed E-state index contributed by atoms with van der Waals surface area (Å²) in [7, 11) is 0. The summed E-state index contributed by atoms with van der Waals surface area (Å²) >= 11 is 1.44. The Hall–Kier alpha value is -3.00. The molecule has 7 nitrogen and oxygen atoms in total. The third kappa shape index (κ3) is 3.74. The summed E-state index contributed by atoms with van der Waals surface area (Å²) in [6.07, 6.45) is 1.39. The number of nitrogens with zero attached hydrogens (tertiary/aromatic N) is 2. The second kappa shape index (κ2) is 6.86. The zero-order chi connectivity index (χ0) is 18.0. The second-order valence-corrected chi connectivity index (χ2v) is 6.74. The van der Waals surface area contributed by atoms with Crippen LogP contribution in [0.3, 0.4) is 0 Å². The molecule has 0 atom stereocenters. The van der Waals surface area contributed by atoms with Gasteiger partial charge in [0.05, 0.1) is 18.0 Å². The van der Waals surface area contributed by atoms with E-state index in [4.69, 9.17) is 0 Å². The molecule has 3 aromatic rings. The molecule has 2 aromatic heterocycles. The first kappa shape index (κ1) is 16.8. The predicted octanol–water partition coefficient (Wildman–Crippen LogP) is 2.00. The molecule has 1 amide bonds. The number of aromatic hydroxyl groups is 1. The molecule has 0 saturated heterocycles. The Morgan fingerprint density at radius 3 is 2.80 bits per heavy atom. The topological polar surface area (TPSA) is 107 Å². The van der Waals surface area contributed by atoms with E-state index in [-0.39, 0.29) is 23.6 Å². The largest absolute Gasteiger partial charge is 0.508 e. The fourth-order valence-corrected chi connectivity index (χ4v) is 3.36. The van der Waals surface area contributed by atoms with E-state index in [0.717, 1.165) is 16.0 Å². The third-order valence-electron chi connectivity index (χ3n) is 3.71. The number of amides is 1. The molecule has 0 saturated carbocycles. The van der Waals surface area contributed by atoms with Gasteiger partial charge in [-0.15, -0.1) is 11.3 Å². The molecule has 25 heavy (non-hydrogen) atoms. The van der Waals surface area contributed by atoms with E-state index in [2.05, 4.69) is 20.5 Å². The monoisotopic (exact) mass is 356 g/mol. The Kier molecular flexibility index (Phi) is 4.62. The first-order valence-electron chi connectivity index (χ1n) is 7.54. The third-order valence-corrected chi connectivity index (χ3v) is 4.81. The predicted molar refractivity (Wildman–Crippen MR) is 97.3 cm³/mol. The van der Waals surface area contributed by atoms with Crippen molar-refractivity contribution >= 4 is 33.7 Å². The average Bonchev–Trinajstić information content (AvgIpc) is 2.84. The lowest BCUT2D eigenvalue weighted by molar-refractivity contribution is -0.120. The lowest BCUT2D eigenvalue weighted by atomic mass is 10.2. The Morgan fingerprint density at radius 1 is 1.36 bits per heavy atom. The number of hydrogen-bond acceptors (Lipinski definition) is 6. The van der Waals surface area contributed by atoms with Crippen molar-refractivity contribution in [3.05, 3.63) is 56.4 Å². The number of aromatic nitrogens is 2. The van der Waals surface area contributed by atoms with Gasteiger partial charge in [-0.1, -0.05) is 0 Å². The Labute approximate surface area is 147 Å². The number of nitrogens with one attached hydrogen (secondary N) is 2. The van der Waals surface area contributed by atoms with Gasteiger partial charge >= 0.3 is 0 Å². The molecule has 0 fully saturated rings. The van der Waals surface area contributed by atoms with Gasteiger partial charge in [-0.05, 0) is 49.2 Å². The Morgan fingerprint density at radius 2 is 2.08 bits per heavy atom. The lowest BCUT2D eigenvalue weighted by Gasteiger charge is -2.01. The van der Waals surface area contributed by atoms with E-state index in [1.54, 1.807) is 12.1 Å². The number of carbonyl (C=O) groups excluding carboxylic acids is 1. The fourth-order valence-electron chi connectivity index (χ4n) is 2.31. The number of hydrazone groups is 1. The van der Waals surface area contributed by atoms with Gasteiger partial charge in [0.15, 0.2) is 0 Å². The summed E-state index contributed by atoms with van der Waals surface area (Å²) in [4.78, 5) is 32.8. The van der Waals surface area contributed by atoms with Crippen molar-refractivity contribution in [2.45, 2.75) is 20.3 Å². The van der Waals surface area contributed by atoms with E-state index in [0.29, 0.717) is 16.0 Å². The highest BCUT2D eigenvalue weighted by molar-refractivity contribution is 7.18. The normalized spacial score (nSPS) is 11.3. The number of carbonyl (C=O) groups is 1. The first-order valence-corrected chi connectivity index (χ1v) is 8.35. The number of rotatable bonds is 4. The van der Waals surface area contributed by atoms with Crippen LogP contribution in [-0.2, 0) is 11.2 Å². The number of aryl methyl sites for hydroxylation is 2. The quantitative estimate of drug-likeness (QED) is 0.491. The van der Waals surface area contributed by atoms with Gasteiger partial charge in [0.1, 0.15) is 16.4 Å². The van der Waals surface area contributed by atoms with Gasteiger partial charge in [-0.2, -0.15) is 5.10 Å². The van der Waals surface area contributed by atoms with Gasteiger partial charge in [0.2, 0.25) is 5.91 Å². The molecule has 0 aliphatic rings. The molecule has 0 aliphatic heterocycles. The average molecular weight is 356 g/mol. The molecule has 3 N–H and O–H groups in total. The first-order chi connectivity index (χ1) is 11.9. The highest BCUT2D eigenvalue weighted by Gasteiger charge is 2.13. The maximum Gasteiger partial charge on any atom is 0.259 e. The summed E-state index contributed by atoms with van der Waals surface area (Å²) < 4.78 is 0. The number of hydrogen-bond donors (Lipinski definition) is 3. The minimum atomic E-state index is -0.387. The standard InChI is InChI=1S/C17H16N4O3S/c1-9-10(2)25-17-15(9)16(24)19-13(20-17)7-14(23)21-18-8-11-3-5-12(22)6-4-11/h3-6,8,22H,7H2,1-2H3,(H,21,23)(H,19,20,24)/b18-8+. The van der Waals surface area contributed by atoms with Crippen LogP contribution in [0.1, 0.15) is 21.8 Å². The summed E-state index contributed by atoms with van der Waals surface area (Å²) in [5.74, 6) is 0.0734. The molecule has 0 bridgehead atoms. The molecule has 3 rings (SSSR count). The van der Waals surface area contributed by atoms with E-state index >= 15 is 0 Å². The summed E-state index contributed by atoms with van der Waals surface area (Å²) in [6.45, 7) is 3.82. The van der Waals surface area contributed by atoms with Crippen LogP contribution in [0.25, 0.3) is 10.2 Å². The van der Waals surface area contributed by atoms with Crippen molar-refractivity contribution in [2.75, 3.05) is 0 Å². The summed E-state index contributed by atoms with van der Waals surface area (Å²) in [5.41, 5.74) is 3.81. The molecule has 0 radical (unpaired) electrons. The van der Waals surface area contributed by atoms with Crippen molar-refractivity contribution in [2.24, 2.45) is 5.10 Å². The molecule has 0 unspecified atom stereocenters. The number of benzene rings is 1. The van der Waals surface area contributed by atoms with Crippen molar-refractivity contribution < 1.29 is 9.90 Å². The van der Waals surface area contributed by atoms with Crippen LogP contribution >= 0.6 is 11.3 Å². The number of thiophene rings is 1. The number of phenolic OH excluding ortho intramolecular Hbond substituents is 1. The fraction of sp³-hybridized carbons (Fsp3) is 0.176. The summed E-state index contributed by atoms with van der Waals surface area (Å²) in [6, 6.07) is 6.38. The zero-order valence-corrected chi connectivity index (χ0v) is 14.5. The number of H-pyrrole nitrogens is 1. The Bertz CT molecular complexity index is 1020. The lowest BCUT2D eigenvalue weighted by Crippen LogP contribution is -2.23. The van der Waals surface area contributed by atoms with E-state index in [9.17, 15) is 14.7 Å². The molecule has 128 valence electrons. The van der Waals surface area contributed by atoms with Crippen LogP contribution in [0.15, 0.2) is 34.2 Å². The SMILES string of the molecule is Cc1sc2nc(CC(=O)N/N=C/c3ccc(O)cc3)[nH]c(=O)c2c1C. The second-order valence-electron chi connectivity index (χ2n) is 5.54. The van der Waals surface area contributed by atoms with Crippen molar-refractivity contribution in [3.8, 4) is 5.75 Å². The van der Waals surface area contributed by atoms with Crippen LogP contribution in [0.4, 0.5) is 0 Å². The van der Waals surface area contributed by atoms with Crippen molar-refractivity contribution in [3.63, 3.8) is 0 Å². The summed E-state index contributed by atoms with van der Waals surface area (Å²) in [5, 5.41) is 13.6. The van der Waals surface area contributed by atoms with E-state index < -0.39 is 0 Å². The van der Waals surface area contributed by atoms with Gasteiger partial charge in [-0.25, -0.2) is 10.4 Å². The van der Waals surface area contributed by atoms with Crippen LogP contribution < -0.4 is 11.0 Å². The molecule has 0 spiro atoms. The number of phenols is 1. The van der Waals surface area contributed by atoms with Crippen molar-refractivity contribution in [1.82, 2.24) is 15.4 Å². The smallest absolute Gasteiger partial charge is 0.259 e. The molecular weight excluding hydrogens is 340 g/mol. The number of fused-ring (bicyclic) bond motifs is 1. The minimum absolute atomic E-state index is 0.0753. The molecular formula is C17H16N4O3S. The van der Waals surface area contributed by atoms with E-state index in [1.165, 1.54) is 29.7 Å². The maximum atomic E-state index is 12.2. The van der Waals surface area contributed by atoms with Gasteiger partial charge in [-0.3, -0.25) is 9.59 Å². The van der Waals surface area contributed by atoms with Crippen molar-refractivity contribution in [1.29, 1.82) is 0 Å². The van der Waals surface area contributed by atoms with Gasteiger partial charge in [0, 0.05) is 4.88 Å². The highest BCUT2D eigenvalue weighted by Crippen LogP contribution is 2.25. The molecule has 1 aromatic carbocycles. The van der Waals surface area contributed by atoms with E-state index in [1.807, 2.05) is 13.8 Å². The Balaban J connectivity index is 1.69. The molecule has 2 heterocycles. The highest BCUT2D eigenvalue weighted by atomic mass is 32.1. The minimum Gasteiger partial charge on any atom is -0.508 e. The molecule has 0 aliphatic carbocycles. The van der Waals surface area contributed by atoms with Gasteiger partial charge < -0.3 is 10.1 Å². The van der Waals surface area contributed by atoms with Crippen LogP contribution in [0.2, 0.25) is 0 Å². The van der Waals surface area contributed by atoms with Crippen LogP contribution in [0, 0.1) is 13.8 Å². The number of aromatic amines is 1. The van der Waals surface area contributed by atoms with Crippen LogP contribution in [0.5, 0.6) is 5.75 Å². The maximum absolute atomic E-state index is 12.2. The molecule has 8 heteroatoms.